The molecule has 2 aromatic heterocycles. The molecule has 1 amide bonds. The lowest BCUT2D eigenvalue weighted by Crippen LogP contribution is -2.33. The first-order valence-corrected chi connectivity index (χ1v) is 11.0. The molecule has 0 saturated heterocycles. The maximum absolute atomic E-state index is 13.1. The lowest BCUT2D eigenvalue weighted by Gasteiger charge is -2.20. The van der Waals surface area contributed by atoms with E-state index in [0.717, 1.165) is 53.9 Å². The van der Waals surface area contributed by atoms with Crippen LogP contribution in [-0.2, 0) is 0 Å². The number of amides is 1. The Labute approximate surface area is 171 Å². The smallest absolute Gasteiger partial charge is 0.252 e. The van der Waals surface area contributed by atoms with Gasteiger partial charge < -0.3 is 10.2 Å². The van der Waals surface area contributed by atoms with Crippen molar-refractivity contribution < 1.29 is 4.79 Å². The molecular formula is C23H29N3OS. The van der Waals surface area contributed by atoms with E-state index < -0.39 is 0 Å². The Morgan fingerprint density at radius 1 is 1.18 bits per heavy atom. The van der Waals surface area contributed by atoms with Gasteiger partial charge in [-0.05, 0) is 63.0 Å². The average Bonchev–Trinajstić information content (AvgIpc) is 3.25. The van der Waals surface area contributed by atoms with E-state index >= 15 is 0 Å². The van der Waals surface area contributed by atoms with Gasteiger partial charge >= 0.3 is 0 Å². The molecule has 1 aromatic carbocycles. The summed E-state index contributed by atoms with van der Waals surface area (Å²) < 4.78 is 0. The molecule has 0 fully saturated rings. The number of fused-ring (bicyclic) bond motifs is 1. The normalized spacial score (nSPS) is 12.4. The van der Waals surface area contributed by atoms with Gasteiger partial charge in [0.05, 0.1) is 21.7 Å². The van der Waals surface area contributed by atoms with Gasteiger partial charge in [0.1, 0.15) is 0 Å². The summed E-state index contributed by atoms with van der Waals surface area (Å²) in [5.74, 6) is -0.0215. The van der Waals surface area contributed by atoms with E-state index in [2.05, 4.69) is 31.0 Å². The second-order valence-corrected chi connectivity index (χ2v) is 8.04. The summed E-state index contributed by atoms with van der Waals surface area (Å²) >= 11 is 1.64. The summed E-state index contributed by atoms with van der Waals surface area (Å²) in [6.45, 7) is 9.69. The summed E-state index contributed by atoms with van der Waals surface area (Å²) in [5.41, 5.74) is 2.41. The number of rotatable bonds is 9. The molecule has 148 valence electrons. The van der Waals surface area contributed by atoms with Crippen LogP contribution in [0, 0.1) is 0 Å². The highest BCUT2D eigenvalue weighted by Gasteiger charge is 2.16. The zero-order valence-electron chi connectivity index (χ0n) is 16.9. The van der Waals surface area contributed by atoms with Crippen molar-refractivity contribution in [1.29, 1.82) is 0 Å². The number of carbonyl (C=O) groups is 1. The molecule has 2 heterocycles. The van der Waals surface area contributed by atoms with Crippen molar-refractivity contribution in [3.8, 4) is 10.6 Å². The van der Waals surface area contributed by atoms with Crippen LogP contribution < -0.4 is 5.32 Å². The third kappa shape index (κ3) is 4.97. The molecule has 3 rings (SSSR count). The predicted molar refractivity (Wildman–Crippen MR) is 119 cm³/mol. The number of aromatic nitrogens is 1. The highest BCUT2D eigenvalue weighted by molar-refractivity contribution is 7.13. The first-order valence-electron chi connectivity index (χ1n) is 10.1. The van der Waals surface area contributed by atoms with Crippen LogP contribution in [-0.4, -0.2) is 41.5 Å². The van der Waals surface area contributed by atoms with E-state index in [1.54, 1.807) is 11.3 Å². The molecule has 3 aromatic rings. The number of thiophene rings is 1. The number of para-hydroxylation sites is 1. The van der Waals surface area contributed by atoms with E-state index in [0.29, 0.717) is 5.56 Å². The van der Waals surface area contributed by atoms with Crippen molar-refractivity contribution in [2.75, 3.05) is 19.6 Å². The minimum absolute atomic E-state index is 0.0215. The van der Waals surface area contributed by atoms with Crippen LogP contribution in [0.2, 0.25) is 0 Å². The molecule has 0 aliphatic heterocycles. The second-order valence-electron chi connectivity index (χ2n) is 7.09. The second kappa shape index (κ2) is 9.80. The highest BCUT2D eigenvalue weighted by atomic mass is 32.1. The van der Waals surface area contributed by atoms with E-state index in [1.807, 2.05) is 47.8 Å². The Morgan fingerprint density at radius 3 is 2.68 bits per heavy atom. The molecule has 4 nitrogen and oxygen atoms in total. The fourth-order valence-electron chi connectivity index (χ4n) is 3.45. The zero-order chi connectivity index (χ0) is 19.9. The molecule has 0 saturated carbocycles. The van der Waals surface area contributed by atoms with Crippen LogP contribution in [0.5, 0.6) is 0 Å². The first kappa shape index (κ1) is 20.5. The van der Waals surface area contributed by atoms with Gasteiger partial charge in [-0.2, -0.15) is 0 Å². The number of nitrogens with one attached hydrogen (secondary N) is 1. The van der Waals surface area contributed by atoms with Gasteiger partial charge in [0.2, 0.25) is 0 Å². The Bertz CT molecular complexity index is 903. The van der Waals surface area contributed by atoms with Crippen molar-refractivity contribution in [2.45, 2.75) is 39.7 Å². The van der Waals surface area contributed by atoms with Crippen LogP contribution >= 0.6 is 11.3 Å². The predicted octanol–water partition coefficient (Wildman–Crippen LogP) is 5.20. The van der Waals surface area contributed by atoms with E-state index in [1.165, 1.54) is 0 Å². The van der Waals surface area contributed by atoms with Gasteiger partial charge in [0, 0.05) is 11.4 Å². The Kier molecular flexibility index (Phi) is 7.18. The van der Waals surface area contributed by atoms with E-state index in [-0.39, 0.29) is 11.9 Å². The number of benzene rings is 1. The minimum atomic E-state index is -0.0215. The molecule has 28 heavy (non-hydrogen) atoms. The van der Waals surface area contributed by atoms with Crippen LogP contribution in [0.15, 0.2) is 47.8 Å². The summed E-state index contributed by atoms with van der Waals surface area (Å²) in [4.78, 5) is 21.3. The molecule has 1 N–H and O–H groups in total. The van der Waals surface area contributed by atoms with Gasteiger partial charge in [-0.3, -0.25) is 4.79 Å². The Morgan fingerprint density at radius 2 is 1.96 bits per heavy atom. The highest BCUT2D eigenvalue weighted by Crippen LogP contribution is 2.27. The maximum atomic E-state index is 13.1. The third-order valence-corrected chi connectivity index (χ3v) is 6.01. The Balaban J connectivity index is 1.75. The standard InChI is InChI=1S/C23H29N3OS/c1-4-26(5-2)14-8-10-17(3)24-23(27)19-16-21(22-13-9-15-28-22)25-20-12-7-6-11-18(19)20/h6-7,9,11-13,15-17H,4-5,8,10,14H2,1-3H3,(H,24,27). The largest absolute Gasteiger partial charge is 0.350 e. The molecule has 1 unspecified atom stereocenters. The van der Waals surface area contributed by atoms with Gasteiger partial charge in [0.15, 0.2) is 0 Å². The van der Waals surface area contributed by atoms with Gasteiger partial charge in [-0.15, -0.1) is 11.3 Å². The molecule has 0 spiro atoms. The van der Waals surface area contributed by atoms with Crippen molar-refractivity contribution in [2.24, 2.45) is 0 Å². The maximum Gasteiger partial charge on any atom is 0.252 e. The van der Waals surface area contributed by atoms with Crippen LogP contribution in [0.25, 0.3) is 21.5 Å². The fraction of sp³-hybridized carbons (Fsp3) is 0.391. The van der Waals surface area contributed by atoms with Crippen LogP contribution in [0.4, 0.5) is 0 Å². The van der Waals surface area contributed by atoms with Crippen molar-refractivity contribution in [3.05, 3.63) is 53.4 Å². The molecule has 1 atom stereocenters. The number of hydrogen-bond donors (Lipinski definition) is 1. The average molecular weight is 396 g/mol. The topological polar surface area (TPSA) is 45.2 Å². The van der Waals surface area contributed by atoms with Crippen LogP contribution in [0.1, 0.15) is 44.0 Å². The summed E-state index contributed by atoms with van der Waals surface area (Å²) in [7, 11) is 0. The number of hydrogen-bond acceptors (Lipinski definition) is 4. The molecule has 0 bridgehead atoms. The number of nitrogens with zero attached hydrogens (tertiary/aromatic N) is 2. The quantitative estimate of drug-likeness (QED) is 0.541. The molecular weight excluding hydrogens is 366 g/mol. The monoisotopic (exact) mass is 395 g/mol. The lowest BCUT2D eigenvalue weighted by molar-refractivity contribution is 0.0939. The SMILES string of the molecule is CCN(CC)CCCC(C)NC(=O)c1cc(-c2cccs2)nc2ccccc12. The fourth-order valence-corrected chi connectivity index (χ4v) is 4.13. The van der Waals surface area contributed by atoms with Gasteiger partial charge in [-0.1, -0.05) is 38.1 Å². The van der Waals surface area contributed by atoms with Gasteiger partial charge in [-0.25, -0.2) is 4.98 Å². The Hall–Kier alpha value is -2.24. The number of pyridine rings is 1. The summed E-state index contributed by atoms with van der Waals surface area (Å²) in [5, 5.41) is 6.12. The van der Waals surface area contributed by atoms with E-state index in [4.69, 9.17) is 4.98 Å². The molecule has 5 heteroatoms. The first-order chi connectivity index (χ1) is 13.6. The molecule has 0 aliphatic carbocycles. The third-order valence-electron chi connectivity index (χ3n) is 5.12. The van der Waals surface area contributed by atoms with Crippen molar-refractivity contribution >= 4 is 28.1 Å². The zero-order valence-corrected chi connectivity index (χ0v) is 17.8. The molecule has 0 radical (unpaired) electrons. The van der Waals surface area contributed by atoms with Crippen LogP contribution in [0.3, 0.4) is 0 Å². The minimum Gasteiger partial charge on any atom is -0.350 e. The summed E-state index contributed by atoms with van der Waals surface area (Å²) in [6.07, 6.45) is 2.06. The molecule has 0 aliphatic rings. The lowest BCUT2D eigenvalue weighted by atomic mass is 10.1. The summed E-state index contributed by atoms with van der Waals surface area (Å²) in [6, 6.07) is 14.0. The van der Waals surface area contributed by atoms with Crippen molar-refractivity contribution in [3.63, 3.8) is 0 Å². The number of carbonyl (C=O) groups excluding carboxylic acids is 1. The van der Waals surface area contributed by atoms with E-state index in [9.17, 15) is 4.79 Å². The van der Waals surface area contributed by atoms with Crippen molar-refractivity contribution in [1.82, 2.24) is 15.2 Å². The van der Waals surface area contributed by atoms with Gasteiger partial charge in [0.25, 0.3) is 5.91 Å².